The zero-order chi connectivity index (χ0) is 11.1. The summed E-state index contributed by atoms with van der Waals surface area (Å²) in [5, 5.41) is 0. The van der Waals surface area contributed by atoms with Crippen molar-refractivity contribution >= 4 is 6.08 Å². The number of allylic oxidation sites excluding steroid dienone is 1. The summed E-state index contributed by atoms with van der Waals surface area (Å²) in [5.74, 6) is 1.56. The molecule has 0 aliphatic heterocycles. The fourth-order valence-corrected chi connectivity index (χ4v) is 1.26. The molecule has 15 heavy (non-hydrogen) atoms. The van der Waals surface area contributed by atoms with Gasteiger partial charge in [-0.25, -0.2) is 0 Å². The highest BCUT2D eigenvalue weighted by Crippen LogP contribution is 2.28. The molecule has 0 aliphatic carbocycles. The summed E-state index contributed by atoms with van der Waals surface area (Å²) in [6.45, 7) is 6.44. The topological polar surface area (TPSA) is 18.5 Å². The van der Waals surface area contributed by atoms with Gasteiger partial charge in [-0.3, -0.25) is 0 Å². The molecule has 0 bridgehead atoms. The molecule has 0 spiro atoms. The summed E-state index contributed by atoms with van der Waals surface area (Å²) in [4.78, 5) is 0. The molecule has 0 aromatic heterocycles. The van der Waals surface area contributed by atoms with Crippen molar-refractivity contribution in [3.8, 4) is 11.5 Å². The van der Waals surface area contributed by atoms with Crippen molar-refractivity contribution in [1.29, 1.82) is 0 Å². The molecule has 0 fully saturated rings. The number of hydrogen-bond acceptors (Lipinski definition) is 2. The largest absolute Gasteiger partial charge is 0.493 e. The molecule has 0 amide bonds. The minimum absolute atomic E-state index is 0.709. The molecule has 0 atom stereocenters. The van der Waals surface area contributed by atoms with Crippen LogP contribution in [0, 0.1) is 6.92 Å². The van der Waals surface area contributed by atoms with Gasteiger partial charge < -0.3 is 9.47 Å². The first kappa shape index (κ1) is 11.6. The van der Waals surface area contributed by atoms with Crippen molar-refractivity contribution in [3.05, 3.63) is 36.8 Å². The molecule has 2 heteroatoms. The van der Waals surface area contributed by atoms with E-state index in [0.717, 1.165) is 23.5 Å². The third-order valence-electron chi connectivity index (χ3n) is 1.96. The van der Waals surface area contributed by atoms with Crippen molar-refractivity contribution < 1.29 is 9.47 Å². The van der Waals surface area contributed by atoms with Crippen molar-refractivity contribution in [1.82, 2.24) is 0 Å². The summed E-state index contributed by atoms with van der Waals surface area (Å²) >= 11 is 0. The Kier molecular flexibility index (Phi) is 4.75. The van der Waals surface area contributed by atoms with E-state index in [0.29, 0.717) is 6.61 Å². The van der Waals surface area contributed by atoms with Crippen LogP contribution in [0.25, 0.3) is 6.08 Å². The van der Waals surface area contributed by atoms with E-state index < -0.39 is 0 Å². The summed E-state index contributed by atoms with van der Waals surface area (Å²) in [6.07, 6.45) is 4.66. The van der Waals surface area contributed by atoms with E-state index in [-0.39, 0.29) is 0 Å². The summed E-state index contributed by atoms with van der Waals surface area (Å²) in [5.41, 5.74) is 1.06. The molecular formula is C13H17O2. The first-order valence-corrected chi connectivity index (χ1v) is 5.08. The van der Waals surface area contributed by atoms with Gasteiger partial charge in [0.15, 0.2) is 11.5 Å². The lowest BCUT2D eigenvalue weighted by molar-refractivity contribution is 0.294. The van der Waals surface area contributed by atoms with Crippen LogP contribution in [0.3, 0.4) is 0 Å². The molecule has 1 radical (unpaired) electrons. The van der Waals surface area contributed by atoms with Crippen LogP contribution in [0.1, 0.15) is 18.9 Å². The minimum Gasteiger partial charge on any atom is -0.493 e. The number of benzene rings is 1. The van der Waals surface area contributed by atoms with Crippen molar-refractivity contribution in [2.24, 2.45) is 0 Å². The Morgan fingerprint density at radius 1 is 1.33 bits per heavy atom. The fraction of sp³-hybridized carbons (Fsp3) is 0.308. The Morgan fingerprint density at radius 2 is 2.13 bits per heavy atom. The monoisotopic (exact) mass is 205 g/mol. The van der Waals surface area contributed by atoms with E-state index in [2.05, 4.69) is 13.8 Å². The maximum absolute atomic E-state index is 5.55. The lowest BCUT2D eigenvalue weighted by Crippen LogP contribution is -1.97. The molecule has 1 rings (SSSR count). The summed E-state index contributed by atoms with van der Waals surface area (Å²) in [7, 11) is 1.64. The van der Waals surface area contributed by atoms with E-state index in [1.165, 1.54) is 0 Å². The van der Waals surface area contributed by atoms with E-state index in [4.69, 9.17) is 9.47 Å². The maximum atomic E-state index is 5.55. The van der Waals surface area contributed by atoms with Crippen molar-refractivity contribution in [3.63, 3.8) is 0 Å². The van der Waals surface area contributed by atoms with Gasteiger partial charge in [0.25, 0.3) is 0 Å². The third-order valence-corrected chi connectivity index (χ3v) is 1.96. The molecule has 2 nitrogen and oxygen atoms in total. The van der Waals surface area contributed by atoms with E-state index in [9.17, 15) is 0 Å². The molecule has 1 aromatic rings. The SMILES string of the molecule is [CH2]/C=C/c1ccc(OCCC)c(OC)c1. The number of rotatable bonds is 5. The lowest BCUT2D eigenvalue weighted by atomic mass is 10.2. The molecule has 0 saturated heterocycles. The van der Waals surface area contributed by atoms with Gasteiger partial charge in [0, 0.05) is 0 Å². The van der Waals surface area contributed by atoms with Gasteiger partial charge in [-0.2, -0.15) is 0 Å². The zero-order valence-electron chi connectivity index (χ0n) is 9.32. The average molecular weight is 205 g/mol. The van der Waals surface area contributed by atoms with Gasteiger partial charge in [0.1, 0.15) is 0 Å². The molecule has 0 aliphatic rings. The molecule has 0 heterocycles. The van der Waals surface area contributed by atoms with Crippen LogP contribution in [0.15, 0.2) is 24.3 Å². The third kappa shape index (κ3) is 3.31. The molecule has 0 N–H and O–H groups in total. The Balaban J connectivity index is 2.88. The van der Waals surface area contributed by atoms with Crippen molar-refractivity contribution in [2.45, 2.75) is 13.3 Å². The van der Waals surface area contributed by atoms with Crippen LogP contribution in [-0.4, -0.2) is 13.7 Å². The molecule has 0 unspecified atom stereocenters. The number of methoxy groups -OCH3 is 1. The first-order valence-electron chi connectivity index (χ1n) is 5.08. The second-order valence-electron chi connectivity index (χ2n) is 3.16. The molecule has 0 saturated carbocycles. The van der Waals surface area contributed by atoms with E-state index in [1.807, 2.05) is 24.3 Å². The van der Waals surface area contributed by atoms with Crippen LogP contribution in [0.5, 0.6) is 11.5 Å². The van der Waals surface area contributed by atoms with Crippen molar-refractivity contribution in [2.75, 3.05) is 13.7 Å². The second-order valence-corrected chi connectivity index (χ2v) is 3.16. The van der Waals surface area contributed by atoms with Crippen LogP contribution >= 0.6 is 0 Å². The van der Waals surface area contributed by atoms with Crippen LogP contribution < -0.4 is 9.47 Å². The van der Waals surface area contributed by atoms with Gasteiger partial charge in [0.05, 0.1) is 13.7 Å². The highest BCUT2D eigenvalue weighted by Gasteiger charge is 2.03. The van der Waals surface area contributed by atoms with E-state index in [1.54, 1.807) is 13.2 Å². The molecular weight excluding hydrogens is 188 g/mol. The maximum Gasteiger partial charge on any atom is 0.161 e. The second kappa shape index (κ2) is 6.12. The Bertz CT molecular complexity index is 329. The standard InChI is InChI=1S/C13H17O2/c1-4-6-11-7-8-12(15-9-5-2)13(10-11)14-3/h4,6-8,10H,1,5,9H2,2-3H3/b6-4+. The first-order chi connectivity index (χ1) is 7.31. The number of hydrogen-bond donors (Lipinski definition) is 0. The smallest absolute Gasteiger partial charge is 0.161 e. The van der Waals surface area contributed by atoms with E-state index >= 15 is 0 Å². The Morgan fingerprint density at radius 3 is 2.73 bits per heavy atom. The van der Waals surface area contributed by atoms with Crippen LogP contribution in [0.4, 0.5) is 0 Å². The lowest BCUT2D eigenvalue weighted by Gasteiger charge is -2.10. The normalized spacial score (nSPS) is 10.6. The van der Waals surface area contributed by atoms with Gasteiger partial charge >= 0.3 is 0 Å². The Hall–Kier alpha value is -1.44. The number of ether oxygens (including phenoxy) is 2. The van der Waals surface area contributed by atoms with Gasteiger partial charge in [-0.05, 0) is 31.0 Å². The summed E-state index contributed by atoms with van der Waals surface area (Å²) < 4.78 is 10.8. The minimum atomic E-state index is 0.709. The zero-order valence-corrected chi connectivity index (χ0v) is 9.32. The van der Waals surface area contributed by atoms with Gasteiger partial charge in [-0.15, -0.1) is 0 Å². The van der Waals surface area contributed by atoms with Gasteiger partial charge in [-0.1, -0.05) is 25.1 Å². The highest BCUT2D eigenvalue weighted by atomic mass is 16.5. The molecule has 81 valence electrons. The quantitative estimate of drug-likeness (QED) is 0.734. The average Bonchev–Trinajstić information content (AvgIpc) is 2.27. The van der Waals surface area contributed by atoms with Crippen LogP contribution in [0.2, 0.25) is 0 Å². The van der Waals surface area contributed by atoms with Crippen LogP contribution in [-0.2, 0) is 0 Å². The van der Waals surface area contributed by atoms with Gasteiger partial charge in [0.2, 0.25) is 0 Å². The predicted molar refractivity (Wildman–Crippen MR) is 63.2 cm³/mol. The summed E-state index contributed by atoms with van der Waals surface area (Å²) in [6, 6.07) is 5.84. The fourth-order valence-electron chi connectivity index (χ4n) is 1.26. The molecule has 1 aromatic carbocycles. The Labute approximate surface area is 91.5 Å². The highest BCUT2D eigenvalue weighted by molar-refractivity contribution is 5.56. The predicted octanol–water partition coefficient (Wildman–Crippen LogP) is 3.33.